The van der Waals surface area contributed by atoms with Gasteiger partial charge in [-0.3, -0.25) is 4.79 Å². The van der Waals surface area contributed by atoms with Crippen molar-refractivity contribution in [2.45, 2.75) is 55.3 Å². The lowest BCUT2D eigenvalue weighted by Crippen LogP contribution is -2.62. The molecule has 0 amide bonds. The Morgan fingerprint density at radius 1 is 0.844 bits per heavy atom. The van der Waals surface area contributed by atoms with Crippen LogP contribution < -0.4 is 24.4 Å². The molecule has 0 spiro atoms. The Hall–Kier alpha value is -3.71. The highest BCUT2D eigenvalue weighted by Crippen LogP contribution is 2.45. The van der Waals surface area contributed by atoms with Crippen molar-refractivity contribution in [3.05, 3.63) is 40.6 Å². The molecule has 7 N–H and O–H groups in total. The van der Waals surface area contributed by atoms with E-state index in [1.54, 1.807) is 24.3 Å². The minimum absolute atomic E-state index is 0.0470. The van der Waals surface area contributed by atoms with Crippen LogP contribution in [0.2, 0.25) is 0 Å². The predicted octanol–water partition coefficient (Wildman–Crippen LogP) is -1.17. The first-order valence-electron chi connectivity index (χ1n) is 13.7. The Bertz CT molecular complexity index is 1540. The molecule has 9 unspecified atom stereocenters. The van der Waals surface area contributed by atoms with Gasteiger partial charge < -0.3 is 73.3 Å². The van der Waals surface area contributed by atoms with Gasteiger partial charge in [0, 0.05) is 11.6 Å². The molecule has 16 nitrogen and oxygen atoms in total. The second kappa shape index (κ2) is 13.3. The quantitative estimate of drug-likeness (QED) is 0.146. The number of benzene rings is 2. The summed E-state index contributed by atoms with van der Waals surface area (Å²) >= 11 is 0. The van der Waals surface area contributed by atoms with E-state index in [1.165, 1.54) is 27.4 Å². The summed E-state index contributed by atoms with van der Waals surface area (Å²) in [4.78, 5) is 13.4. The molecule has 0 radical (unpaired) electrons. The molecule has 246 valence electrons. The summed E-state index contributed by atoms with van der Waals surface area (Å²) in [6, 6.07) is 7.83. The van der Waals surface area contributed by atoms with Crippen molar-refractivity contribution in [3.8, 4) is 40.1 Å². The molecule has 3 heterocycles. The van der Waals surface area contributed by atoms with E-state index in [9.17, 15) is 40.5 Å². The van der Waals surface area contributed by atoms with Crippen LogP contribution in [0.15, 0.2) is 39.5 Å². The molecule has 9 atom stereocenters. The number of hydrogen-bond acceptors (Lipinski definition) is 16. The van der Waals surface area contributed by atoms with Crippen molar-refractivity contribution in [2.24, 2.45) is 0 Å². The first-order chi connectivity index (χ1) is 21.5. The third-order valence-electron chi connectivity index (χ3n) is 7.63. The van der Waals surface area contributed by atoms with Crippen LogP contribution in [-0.4, -0.2) is 126 Å². The Kier molecular flexibility index (Phi) is 9.68. The molecule has 2 saturated heterocycles. The number of aliphatic hydroxyl groups excluding tert-OH is 6. The topological polar surface area (TPSA) is 236 Å². The number of rotatable bonds is 9. The van der Waals surface area contributed by atoms with Crippen LogP contribution in [0.3, 0.4) is 0 Å². The summed E-state index contributed by atoms with van der Waals surface area (Å²) in [5, 5.41) is 72.0. The Morgan fingerprint density at radius 3 is 2.13 bits per heavy atom. The summed E-state index contributed by atoms with van der Waals surface area (Å²) in [5.41, 5.74) is -0.372. The number of methoxy groups -OCH3 is 3. The van der Waals surface area contributed by atoms with Crippen LogP contribution >= 0.6 is 0 Å². The summed E-state index contributed by atoms with van der Waals surface area (Å²) in [6.07, 6.45) is -14.3. The highest BCUT2D eigenvalue weighted by atomic mass is 16.7. The van der Waals surface area contributed by atoms with E-state index in [4.69, 9.17) is 37.6 Å². The van der Waals surface area contributed by atoms with Crippen molar-refractivity contribution in [1.29, 1.82) is 0 Å². The number of ether oxygens (including phenoxy) is 7. The summed E-state index contributed by atoms with van der Waals surface area (Å²) in [7, 11) is 3.98. The fourth-order valence-corrected chi connectivity index (χ4v) is 5.15. The van der Waals surface area contributed by atoms with Crippen LogP contribution in [0.4, 0.5) is 0 Å². The van der Waals surface area contributed by atoms with Crippen LogP contribution in [0.25, 0.3) is 22.3 Å². The van der Waals surface area contributed by atoms with Crippen LogP contribution in [-0.2, 0) is 14.2 Å². The minimum atomic E-state index is -1.78. The average molecular weight is 639 g/mol. The molecule has 16 heteroatoms. The molecule has 0 bridgehead atoms. The van der Waals surface area contributed by atoms with Gasteiger partial charge in [-0.1, -0.05) is 0 Å². The number of aromatic hydroxyl groups is 1. The first-order valence-corrected chi connectivity index (χ1v) is 13.7. The lowest BCUT2D eigenvalue weighted by Gasteiger charge is -2.43. The number of hydrogen-bond donors (Lipinski definition) is 7. The molecule has 45 heavy (non-hydrogen) atoms. The predicted molar refractivity (Wildman–Crippen MR) is 150 cm³/mol. The van der Waals surface area contributed by atoms with Gasteiger partial charge in [-0.25, -0.2) is 0 Å². The van der Waals surface area contributed by atoms with E-state index >= 15 is 0 Å². The van der Waals surface area contributed by atoms with Gasteiger partial charge in [-0.15, -0.1) is 0 Å². The lowest BCUT2D eigenvalue weighted by atomic mass is 9.99. The Labute approximate surface area is 255 Å². The maximum Gasteiger partial charge on any atom is 0.239 e. The van der Waals surface area contributed by atoms with Crippen LogP contribution in [0.1, 0.15) is 0 Å². The normalized spacial score (nSPS) is 30.2. The highest BCUT2D eigenvalue weighted by Gasteiger charge is 2.48. The molecule has 3 aromatic rings. The third kappa shape index (κ3) is 5.99. The molecule has 2 aliphatic rings. The average Bonchev–Trinajstić information content (AvgIpc) is 3.04. The van der Waals surface area contributed by atoms with Crippen molar-refractivity contribution in [2.75, 3.05) is 34.5 Å². The van der Waals surface area contributed by atoms with Gasteiger partial charge in [0.15, 0.2) is 23.5 Å². The molecule has 5 rings (SSSR count). The smallest absolute Gasteiger partial charge is 0.239 e. The molecule has 2 fully saturated rings. The maximum absolute atomic E-state index is 13.4. The summed E-state index contributed by atoms with van der Waals surface area (Å²) in [6.45, 7) is -1.12. The van der Waals surface area contributed by atoms with E-state index < -0.39 is 79.7 Å². The molecule has 1 aromatic heterocycles. The SMILES string of the molecule is COc1ccc(-c2oc3cc(OC4OCC(OC5OC(CO)C(O)C(O)C5O)C(O)C4O)c(OC)c(O)c3c(=O)c2OC)cc1. The summed E-state index contributed by atoms with van der Waals surface area (Å²) in [5.74, 6) is -0.745. The number of phenolic OH excluding ortho intramolecular Hbond substituents is 1. The van der Waals surface area contributed by atoms with E-state index in [0.717, 1.165) is 0 Å². The van der Waals surface area contributed by atoms with E-state index in [2.05, 4.69) is 0 Å². The van der Waals surface area contributed by atoms with E-state index in [-0.39, 0.29) is 34.0 Å². The highest BCUT2D eigenvalue weighted by molar-refractivity contribution is 5.91. The molecular weight excluding hydrogens is 604 g/mol. The second-order valence-corrected chi connectivity index (χ2v) is 10.3. The zero-order chi connectivity index (χ0) is 32.6. The minimum Gasteiger partial charge on any atom is -0.504 e. The number of aliphatic hydroxyl groups is 6. The van der Waals surface area contributed by atoms with E-state index in [0.29, 0.717) is 11.3 Å². The fourth-order valence-electron chi connectivity index (χ4n) is 5.15. The van der Waals surface area contributed by atoms with Crippen molar-refractivity contribution < 1.29 is 73.3 Å². The second-order valence-electron chi connectivity index (χ2n) is 10.3. The van der Waals surface area contributed by atoms with Gasteiger partial charge in [0.1, 0.15) is 59.4 Å². The van der Waals surface area contributed by atoms with Gasteiger partial charge in [0.25, 0.3) is 0 Å². The lowest BCUT2D eigenvalue weighted by molar-refractivity contribution is -0.338. The molecule has 2 aromatic carbocycles. The van der Waals surface area contributed by atoms with Gasteiger partial charge in [-0.2, -0.15) is 0 Å². The van der Waals surface area contributed by atoms with Gasteiger partial charge in [0.2, 0.25) is 23.2 Å². The van der Waals surface area contributed by atoms with Crippen molar-refractivity contribution in [3.63, 3.8) is 0 Å². The number of phenols is 1. The molecule has 2 aliphatic heterocycles. The Balaban J connectivity index is 1.41. The van der Waals surface area contributed by atoms with Crippen molar-refractivity contribution >= 4 is 11.0 Å². The van der Waals surface area contributed by atoms with Crippen molar-refractivity contribution in [1.82, 2.24) is 0 Å². The number of fused-ring (bicyclic) bond motifs is 1. The van der Waals surface area contributed by atoms with Gasteiger partial charge in [-0.05, 0) is 24.3 Å². The monoisotopic (exact) mass is 638 g/mol. The third-order valence-corrected chi connectivity index (χ3v) is 7.63. The molecule has 0 aliphatic carbocycles. The fraction of sp³-hybridized carbons (Fsp3) is 0.483. The zero-order valence-electron chi connectivity index (χ0n) is 24.3. The van der Waals surface area contributed by atoms with Crippen LogP contribution in [0, 0.1) is 0 Å². The summed E-state index contributed by atoms with van der Waals surface area (Å²) < 4.78 is 43.9. The maximum atomic E-state index is 13.4. The van der Waals surface area contributed by atoms with Gasteiger partial charge >= 0.3 is 0 Å². The standard InChI is InChI=1S/C29H34O16/c1-38-12-6-4-11(5-7-12)25-27(40-3)21(34)17-13(42-25)8-14(26(39-2)20(17)33)43-28-23(36)19(32)16(10-41-28)45-29-24(37)22(35)18(31)15(9-30)44-29/h4-8,15-16,18-19,22-24,28-33,35-37H,9-10H2,1-3H3. The van der Waals surface area contributed by atoms with Crippen LogP contribution in [0.5, 0.6) is 28.7 Å². The van der Waals surface area contributed by atoms with Gasteiger partial charge in [0.05, 0.1) is 34.5 Å². The Morgan fingerprint density at radius 2 is 1.51 bits per heavy atom. The first kappa shape index (κ1) is 32.7. The van der Waals surface area contributed by atoms with E-state index in [1.807, 2.05) is 0 Å². The molecular formula is C29H34O16. The zero-order valence-corrected chi connectivity index (χ0v) is 24.3. The molecule has 0 saturated carbocycles. The largest absolute Gasteiger partial charge is 0.504 e.